The zero-order valence-electron chi connectivity index (χ0n) is 16.0. The van der Waals surface area contributed by atoms with Gasteiger partial charge in [0.05, 0.1) is 25.0 Å². The lowest BCUT2D eigenvalue weighted by Crippen LogP contribution is -2.40. The number of hydrogen-bond acceptors (Lipinski definition) is 4. The lowest BCUT2D eigenvalue weighted by molar-refractivity contribution is 0.0303. The summed E-state index contributed by atoms with van der Waals surface area (Å²) in [6.45, 7) is 4.12. The fourth-order valence-corrected chi connectivity index (χ4v) is 3.97. The topological polar surface area (TPSA) is 63.0 Å². The summed E-state index contributed by atoms with van der Waals surface area (Å²) in [5, 5.41) is 0. The molecule has 6 nitrogen and oxygen atoms in total. The molecule has 0 aliphatic carbocycles. The van der Waals surface area contributed by atoms with Crippen LogP contribution in [0.25, 0.3) is 0 Å². The first-order chi connectivity index (χ1) is 13.7. The Bertz CT molecular complexity index is 786. The van der Waals surface area contributed by atoms with Gasteiger partial charge in [-0.25, -0.2) is 0 Å². The van der Waals surface area contributed by atoms with Gasteiger partial charge in [-0.1, -0.05) is 12.1 Å². The highest BCUT2D eigenvalue weighted by Gasteiger charge is 2.24. The summed E-state index contributed by atoms with van der Waals surface area (Å²) < 4.78 is 10.3. The van der Waals surface area contributed by atoms with Gasteiger partial charge in [0.25, 0.3) is 11.8 Å². The van der Waals surface area contributed by atoms with E-state index in [1.165, 1.54) is 18.1 Å². The number of carbonyl (C=O) groups is 2. The third kappa shape index (κ3) is 4.28. The summed E-state index contributed by atoms with van der Waals surface area (Å²) in [5.41, 5.74) is 2.61. The Morgan fingerprint density at radius 2 is 1.50 bits per heavy atom. The van der Waals surface area contributed by atoms with Gasteiger partial charge >= 0.3 is 0 Å². The van der Waals surface area contributed by atoms with Gasteiger partial charge in [-0.15, -0.1) is 0 Å². The van der Waals surface area contributed by atoms with Crippen LogP contribution in [-0.2, 0) is 11.2 Å². The molecule has 0 bridgehead atoms. The largest absolute Gasteiger partial charge is 0.472 e. The van der Waals surface area contributed by atoms with Crippen LogP contribution in [0, 0.1) is 5.92 Å². The van der Waals surface area contributed by atoms with E-state index in [1.54, 1.807) is 6.07 Å². The number of likely N-dealkylation sites (tertiary alicyclic amines) is 1. The molecule has 2 fully saturated rings. The van der Waals surface area contributed by atoms with Gasteiger partial charge in [-0.05, 0) is 48.9 Å². The first kappa shape index (κ1) is 18.7. The third-order valence-corrected chi connectivity index (χ3v) is 5.69. The third-order valence-electron chi connectivity index (χ3n) is 5.69. The second kappa shape index (κ2) is 8.61. The molecular weight excluding hydrogens is 356 g/mol. The number of ether oxygens (including phenoxy) is 1. The average Bonchev–Trinajstić information content (AvgIpc) is 3.29. The minimum Gasteiger partial charge on any atom is -0.472 e. The summed E-state index contributed by atoms with van der Waals surface area (Å²) in [5.74, 6) is 0.702. The molecule has 3 heterocycles. The Balaban J connectivity index is 1.28. The first-order valence-electron chi connectivity index (χ1n) is 9.98. The fourth-order valence-electron chi connectivity index (χ4n) is 3.97. The van der Waals surface area contributed by atoms with Gasteiger partial charge in [-0.2, -0.15) is 0 Å². The van der Waals surface area contributed by atoms with Crippen molar-refractivity contribution in [3.63, 3.8) is 0 Å². The summed E-state index contributed by atoms with van der Waals surface area (Å²) in [6, 6.07) is 9.72. The molecule has 1 aromatic carbocycles. The van der Waals surface area contributed by atoms with Gasteiger partial charge in [0.1, 0.15) is 6.26 Å². The van der Waals surface area contributed by atoms with Crippen LogP contribution >= 0.6 is 0 Å². The van der Waals surface area contributed by atoms with Crippen molar-refractivity contribution in [2.45, 2.75) is 19.3 Å². The first-order valence-corrected chi connectivity index (χ1v) is 9.98. The molecule has 1 aromatic heterocycles. The Morgan fingerprint density at radius 1 is 0.857 bits per heavy atom. The van der Waals surface area contributed by atoms with Crippen LogP contribution in [0.1, 0.15) is 39.1 Å². The van der Waals surface area contributed by atoms with E-state index < -0.39 is 0 Å². The molecule has 0 N–H and O–H groups in total. The maximum atomic E-state index is 12.5. The molecule has 0 spiro atoms. The number of morpholine rings is 1. The van der Waals surface area contributed by atoms with Crippen LogP contribution in [0.3, 0.4) is 0 Å². The van der Waals surface area contributed by atoms with Gasteiger partial charge in [0, 0.05) is 31.7 Å². The lowest BCUT2D eigenvalue weighted by atomic mass is 9.89. The maximum Gasteiger partial charge on any atom is 0.257 e. The molecule has 2 amide bonds. The minimum absolute atomic E-state index is 0.0539. The molecule has 2 saturated heterocycles. The van der Waals surface area contributed by atoms with E-state index >= 15 is 0 Å². The highest BCUT2D eigenvalue weighted by atomic mass is 16.5. The summed E-state index contributed by atoms with van der Waals surface area (Å²) >= 11 is 0. The molecule has 28 heavy (non-hydrogen) atoms. The Kier molecular flexibility index (Phi) is 5.76. The fraction of sp³-hybridized carbons (Fsp3) is 0.455. The van der Waals surface area contributed by atoms with E-state index in [-0.39, 0.29) is 11.8 Å². The number of hydrogen-bond donors (Lipinski definition) is 0. The Morgan fingerprint density at radius 3 is 2.14 bits per heavy atom. The van der Waals surface area contributed by atoms with E-state index in [4.69, 9.17) is 9.15 Å². The number of piperidine rings is 1. The lowest BCUT2D eigenvalue weighted by Gasteiger charge is -2.32. The molecular formula is C22H26N2O4. The number of furan rings is 1. The van der Waals surface area contributed by atoms with E-state index in [1.807, 2.05) is 21.9 Å². The van der Waals surface area contributed by atoms with Crippen LogP contribution < -0.4 is 0 Å². The van der Waals surface area contributed by atoms with E-state index in [0.717, 1.165) is 37.9 Å². The molecule has 0 radical (unpaired) electrons. The van der Waals surface area contributed by atoms with Gasteiger partial charge < -0.3 is 19.0 Å². The Labute approximate surface area is 165 Å². The number of benzene rings is 1. The van der Waals surface area contributed by atoms with Gasteiger partial charge in [0.2, 0.25) is 0 Å². The molecule has 0 atom stereocenters. The minimum atomic E-state index is 0.0539. The van der Waals surface area contributed by atoms with Crippen molar-refractivity contribution in [2.24, 2.45) is 5.92 Å². The summed E-state index contributed by atoms with van der Waals surface area (Å²) in [7, 11) is 0. The smallest absolute Gasteiger partial charge is 0.257 e. The van der Waals surface area contributed by atoms with Crippen molar-refractivity contribution in [3.8, 4) is 0 Å². The monoisotopic (exact) mass is 382 g/mol. The number of nitrogens with zero attached hydrogens (tertiary/aromatic N) is 2. The standard InChI is InChI=1S/C22H26N2O4/c25-21(24-10-13-27-14-11-24)19-3-1-17(2-4-19)15-18-5-8-23(9-6-18)22(26)20-7-12-28-16-20/h1-4,7,12,16,18H,5-6,8-11,13-15H2. The van der Waals surface area contributed by atoms with Crippen molar-refractivity contribution >= 4 is 11.8 Å². The van der Waals surface area contributed by atoms with Crippen LogP contribution in [0.2, 0.25) is 0 Å². The molecule has 2 aliphatic rings. The highest BCUT2D eigenvalue weighted by Crippen LogP contribution is 2.23. The maximum absolute atomic E-state index is 12.5. The SMILES string of the molecule is O=C(c1ccc(CC2CCN(C(=O)c3ccoc3)CC2)cc1)N1CCOCC1. The van der Waals surface area contributed by atoms with Crippen LogP contribution in [0.4, 0.5) is 0 Å². The summed E-state index contributed by atoms with van der Waals surface area (Å²) in [4.78, 5) is 28.7. The molecule has 2 aromatic rings. The second-order valence-electron chi connectivity index (χ2n) is 7.55. The van der Waals surface area contributed by atoms with Gasteiger partial charge in [-0.3, -0.25) is 9.59 Å². The number of carbonyl (C=O) groups excluding carboxylic acids is 2. The molecule has 2 aliphatic heterocycles. The summed E-state index contributed by atoms with van der Waals surface area (Å²) in [6.07, 6.45) is 6.03. The predicted octanol–water partition coefficient (Wildman–Crippen LogP) is 2.85. The molecule has 4 rings (SSSR count). The molecule has 0 unspecified atom stereocenters. The van der Waals surface area contributed by atoms with Crippen LogP contribution in [0.15, 0.2) is 47.3 Å². The zero-order chi connectivity index (χ0) is 19.3. The number of amides is 2. The van der Waals surface area contributed by atoms with Crippen molar-refractivity contribution in [3.05, 3.63) is 59.5 Å². The highest BCUT2D eigenvalue weighted by molar-refractivity contribution is 5.94. The normalized spacial score (nSPS) is 18.3. The van der Waals surface area contributed by atoms with E-state index in [2.05, 4.69) is 12.1 Å². The van der Waals surface area contributed by atoms with Crippen LogP contribution in [-0.4, -0.2) is 61.0 Å². The van der Waals surface area contributed by atoms with E-state index in [0.29, 0.717) is 37.8 Å². The predicted molar refractivity (Wildman–Crippen MR) is 104 cm³/mol. The quantitative estimate of drug-likeness (QED) is 0.816. The van der Waals surface area contributed by atoms with Crippen LogP contribution in [0.5, 0.6) is 0 Å². The Hall–Kier alpha value is -2.60. The number of rotatable bonds is 4. The van der Waals surface area contributed by atoms with Gasteiger partial charge in [0.15, 0.2) is 0 Å². The molecule has 6 heteroatoms. The molecule has 148 valence electrons. The average molecular weight is 382 g/mol. The molecule has 0 saturated carbocycles. The second-order valence-corrected chi connectivity index (χ2v) is 7.55. The van der Waals surface area contributed by atoms with E-state index in [9.17, 15) is 9.59 Å². The van der Waals surface area contributed by atoms with Crippen molar-refractivity contribution < 1.29 is 18.7 Å². The van der Waals surface area contributed by atoms with Crippen molar-refractivity contribution in [1.82, 2.24) is 9.80 Å². The van der Waals surface area contributed by atoms with Crippen molar-refractivity contribution in [1.29, 1.82) is 0 Å². The van der Waals surface area contributed by atoms with Crippen molar-refractivity contribution in [2.75, 3.05) is 39.4 Å². The zero-order valence-corrected chi connectivity index (χ0v) is 16.0.